The van der Waals surface area contributed by atoms with E-state index in [1.165, 1.54) is 14.0 Å². The van der Waals surface area contributed by atoms with Gasteiger partial charge in [-0.25, -0.2) is 4.79 Å². The molecule has 0 rings (SSSR count). The van der Waals surface area contributed by atoms with Gasteiger partial charge < -0.3 is 19.7 Å². The number of hydrogen-bond acceptors (Lipinski definition) is 5. The van der Waals surface area contributed by atoms with Crippen LogP contribution in [0.3, 0.4) is 0 Å². The first kappa shape index (κ1) is 14.9. The highest BCUT2D eigenvalue weighted by atomic mass is 16.5. The monoisotopic (exact) mass is 232 g/mol. The first-order chi connectivity index (χ1) is 7.51. The number of nitrogens with zero attached hydrogens (tertiary/aromatic N) is 1. The van der Waals surface area contributed by atoms with Gasteiger partial charge in [0, 0.05) is 27.1 Å². The number of rotatable bonds is 7. The van der Waals surface area contributed by atoms with Gasteiger partial charge in [-0.05, 0) is 7.05 Å². The lowest BCUT2D eigenvalue weighted by atomic mass is 10.2. The van der Waals surface area contributed by atoms with E-state index in [4.69, 9.17) is 4.74 Å². The first-order valence-corrected chi connectivity index (χ1v) is 5.03. The Hall–Kier alpha value is -1.14. The molecular formula is C10H20N2O4. The van der Waals surface area contributed by atoms with E-state index >= 15 is 0 Å². The highest BCUT2D eigenvalue weighted by Gasteiger charge is 2.21. The Kier molecular flexibility index (Phi) is 7.49. The summed E-state index contributed by atoms with van der Waals surface area (Å²) in [5, 5.41) is 2.54. The summed E-state index contributed by atoms with van der Waals surface area (Å²) in [6, 6.07) is -0.635. The summed E-state index contributed by atoms with van der Waals surface area (Å²) < 4.78 is 9.52. The van der Waals surface area contributed by atoms with Gasteiger partial charge >= 0.3 is 5.97 Å². The summed E-state index contributed by atoms with van der Waals surface area (Å²) in [4.78, 5) is 24.2. The minimum Gasteiger partial charge on any atom is -0.467 e. The van der Waals surface area contributed by atoms with E-state index in [2.05, 4.69) is 10.1 Å². The summed E-state index contributed by atoms with van der Waals surface area (Å²) in [5.41, 5.74) is 0. The van der Waals surface area contributed by atoms with Crippen molar-refractivity contribution in [2.75, 3.05) is 41.0 Å². The molecule has 0 spiro atoms. The minimum atomic E-state index is -0.635. The molecule has 0 aliphatic rings. The van der Waals surface area contributed by atoms with Crippen molar-refractivity contribution >= 4 is 11.9 Å². The van der Waals surface area contributed by atoms with Gasteiger partial charge in [0.25, 0.3) is 0 Å². The van der Waals surface area contributed by atoms with Gasteiger partial charge in [-0.15, -0.1) is 0 Å². The highest BCUT2D eigenvalue weighted by molar-refractivity contribution is 5.83. The topological polar surface area (TPSA) is 67.9 Å². The van der Waals surface area contributed by atoms with Crippen molar-refractivity contribution in [1.82, 2.24) is 10.2 Å². The molecule has 0 aliphatic heterocycles. The highest BCUT2D eigenvalue weighted by Crippen LogP contribution is 1.93. The molecule has 6 heteroatoms. The molecular weight excluding hydrogens is 212 g/mol. The first-order valence-electron chi connectivity index (χ1n) is 5.03. The molecule has 1 amide bonds. The number of nitrogens with one attached hydrogen (secondary N) is 1. The number of amides is 1. The fraction of sp³-hybridized carbons (Fsp3) is 0.800. The van der Waals surface area contributed by atoms with Crippen molar-refractivity contribution in [2.45, 2.75) is 13.0 Å². The van der Waals surface area contributed by atoms with Gasteiger partial charge in [-0.2, -0.15) is 0 Å². The second-order valence-corrected chi connectivity index (χ2v) is 3.53. The maximum absolute atomic E-state index is 11.4. The Morgan fingerprint density at radius 2 is 2.00 bits per heavy atom. The fourth-order valence-electron chi connectivity index (χ4n) is 1.22. The molecule has 1 atom stereocenters. The van der Waals surface area contributed by atoms with Crippen LogP contribution < -0.4 is 5.32 Å². The number of hydrogen-bond donors (Lipinski definition) is 1. The van der Waals surface area contributed by atoms with Crippen molar-refractivity contribution in [3.05, 3.63) is 0 Å². The predicted octanol–water partition coefficient (Wildman–Crippen LogP) is -0.758. The average Bonchev–Trinajstić information content (AvgIpc) is 2.23. The smallest absolute Gasteiger partial charge is 0.329 e. The zero-order chi connectivity index (χ0) is 12.6. The van der Waals surface area contributed by atoms with Gasteiger partial charge in [0.05, 0.1) is 13.7 Å². The van der Waals surface area contributed by atoms with E-state index < -0.39 is 12.0 Å². The Labute approximate surface area is 95.9 Å². The summed E-state index contributed by atoms with van der Waals surface area (Å²) in [5.74, 6) is -0.699. The number of ether oxygens (including phenoxy) is 2. The summed E-state index contributed by atoms with van der Waals surface area (Å²) in [6.45, 7) is 3.02. The Morgan fingerprint density at radius 3 is 2.44 bits per heavy atom. The van der Waals surface area contributed by atoms with Crippen LogP contribution in [-0.2, 0) is 19.1 Å². The maximum atomic E-state index is 11.4. The molecule has 1 unspecified atom stereocenters. The zero-order valence-corrected chi connectivity index (χ0v) is 10.3. The van der Waals surface area contributed by atoms with Crippen LogP contribution in [0.15, 0.2) is 0 Å². The largest absolute Gasteiger partial charge is 0.467 e. The van der Waals surface area contributed by atoms with Crippen LogP contribution in [0.25, 0.3) is 0 Å². The van der Waals surface area contributed by atoms with Crippen LogP contribution in [0.5, 0.6) is 0 Å². The quantitative estimate of drug-likeness (QED) is 0.585. The molecule has 0 aliphatic carbocycles. The van der Waals surface area contributed by atoms with Crippen LogP contribution in [0, 0.1) is 0 Å². The van der Waals surface area contributed by atoms with Crippen molar-refractivity contribution in [3.8, 4) is 0 Å². The third kappa shape index (κ3) is 6.36. The van der Waals surface area contributed by atoms with Crippen LogP contribution >= 0.6 is 0 Å². The van der Waals surface area contributed by atoms with E-state index in [0.717, 1.165) is 0 Å². The summed E-state index contributed by atoms with van der Waals surface area (Å²) >= 11 is 0. The zero-order valence-electron chi connectivity index (χ0n) is 10.3. The van der Waals surface area contributed by atoms with Gasteiger partial charge in [0.1, 0.15) is 6.04 Å². The van der Waals surface area contributed by atoms with E-state index in [0.29, 0.717) is 19.7 Å². The molecule has 0 aromatic rings. The lowest BCUT2D eigenvalue weighted by Crippen LogP contribution is -2.48. The Balaban J connectivity index is 4.19. The average molecular weight is 232 g/mol. The van der Waals surface area contributed by atoms with Gasteiger partial charge in [0.15, 0.2) is 0 Å². The number of esters is 1. The normalized spacial score (nSPS) is 12.3. The summed E-state index contributed by atoms with van der Waals surface area (Å²) in [6.07, 6.45) is 0. The minimum absolute atomic E-state index is 0.254. The van der Waals surface area contributed by atoms with Crippen LogP contribution in [0.1, 0.15) is 6.92 Å². The Bertz CT molecular complexity index is 233. The number of likely N-dealkylation sites (N-methyl/N-ethyl adjacent to an activating group) is 1. The van der Waals surface area contributed by atoms with Gasteiger partial charge in [-0.1, -0.05) is 0 Å². The van der Waals surface area contributed by atoms with Crippen molar-refractivity contribution < 1.29 is 19.1 Å². The second kappa shape index (κ2) is 8.06. The molecule has 0 aromatic heterocycles. The summed E-state index contributed by atoms with van der Waals surface area (Å²) in [7, 11) is 4.75. The van der Waals surface area contributed by atoms with Crippen molar-refractivity contribution in [1.29, 1.82) is 0 Å². The molecule has 6 nitrogen and oxygen atoms in total. The SMILES string of the molecule is COCCN(C)CC(NC(C)=O)C(=O)OC. The molecule has 0 saturated heterocycles. The van der Waals surface area contributed by atoms with E-state index in [1.807, 2.05) is 11.9 Å². The number of methoxy groups -OCH3 is 2. The van der Waals surface area contributed by atoms with Crippen molar-refractivity contribution in [3.63, 3.8) is 0 Å². The lowest BCUT2D eigenvalue weighted by Gasteiger charge is -2.22. The van der Waals surface area contributed by atoms with Gasteiger partial charge in [-0.3, -0.25) is 4.79 Å². The van der Waals surface area contributed by atoms with E-state index in [9.17, 15) is 9.59 Å². The molecule has 0 bridgehead atoms. The van der Waals surface area contributed by atoms with Crippen LogP contribution in [0.2, 0.25) is 0 Å². The molecule has 0 fully saturated rings. The Morgan fingerprint density at radius 1 is 1.38 bits per heavy atom. The standard InChI is InChI=1S/C10H20N2O4/c1-8(13)11-9(10(14)16-4)7-12(2)5-6-15-3/h9H,5-7H2,1-4H3,(H,11,13). The predicted molar refractivity (Wildman–Crippen MR) is 59.0 cm³/mol. The maximum Gasteiger partial charge on any atom is 0.329 e. The fourth-order valence-corrected chi connectivity index (χ4v) is 1.22. The molecule has 16 heavy (non-hydrogen) atoms. The lowest BCUT2D eigenvalue weighted by molar-refractivity contribution is -0.145. The third-order valence-corrected chi connectivity index (χ3v) is 2.03. The molecule has 1 N–H and O–H groups in total. The number of carbonyl (C=O) groups is 2. The molecule has 0 radical (unpaired) electrons. The van der Waals surface area contributed by atoms with Gasteiger partial charge in [0.2, 0.25) is 5.91 Å². The van der Waals surface area contributed by atoms with Crippen LogP contribution in [0.4, 0.5) is 0 Å². The molecule has 0 saturated carbocycles. The molecule has 94 valence electrons. The van der Waals surface area contributed by atoms with E-state index in [-0.39, 0.29) is 5.91 Å². The third-order valence-electron chi connectivity index (χ3n) is 2.03. The van der Waals surface area contributed by atoms with Crippen LogP contribution in [-0.4, -0.2) is 63.8 Å². The molecule has 0 aromatic carbocycles. The molecule has 0 heterocycles. The van der Waals surface area contributed by atoms with Crippen molar-refractivity contribution in [2.24, 2.45) is 0 Å². The van der Waals surface area contributed by atoms with E-state index in [1.54, 1.807) is 7.11 Å². The number of carbonyl (C=O) groups excluding carboxylic acids is 2. The second-order valence-electron chi connectivity index (χ2n) is 3.53.